The predicted octanol–water partition coefficient (Wildman–Crippen LogP) is 4.24. The summed E-state index contributed by atoms with van der Waals surface area (Å²) in [5.74, 6) is -0.382. The third kappa shape index (κ3) is 3.87. The third-order valence-electron chi connectivity index (χ3n) is 3.65. The SMILES string of the molecule is C/C(=N/NC(=O)c1cc(-c2ccc(Cl)cc2Cl)n[nH]1)c1ccccc1O. The Bertz CT molecular complexity index is 998. The zero-order valence-electron chi connectivity index (χ0n) is 13.6. The van der Waals surface area contributed by atoms with Crippen LogP contribution in [0.1, 0.15) is 23.0 Å². The van der Waals surface area contributed by atoms with Crippen LogP contribution in [0.25, 0.3) is 11.3 Å². The zero-order valence-corrected chi connectivity index (χ0v) is 15.1. The number of phenolic OH excluding ortho intramolecular Hbond substituents is 1. The van der Waals surface area contributed by atoms with E-state index >= 15 is 0 Å². The second kappa shape index (κ2) is 7.59. The monoisotopic (exact) mass is 388 g/mol. The molecule has 0 bridgehead atoms. The van der Waals surface area contributed by atoms with Crippen LogP contribution in [0.3, 0.4) is 0 Å². The Labute approximate surface area is 159 Å². The summed E-state index contributed by atoms with van der Waals surface area (Å²) in [6.45, 7) is 1.68. The fourth-order valence-electron chi connectivity index (χ4n) is 2.31. The minimum atomic E-state index is -0.469. The molecular formula is C18H14Cl2N4O2. The molecular weight excluding hydrogens is 375 g/mol. The molecule has 1 heterocycles. The molecule has 1 aromatic heterocycles. The van der Waals surface area contributed by atoms with Crippen LogP contribution in [0, 0.1) is 0 Å². The number of H-pyrrole nitrogens is 1. The normalized spacial score (nSPS) is 11.4. The number of hydrogen-bond donors (Lipinski definition) is 3. The fourth-order valence-corrected chi connectivity index (χ4v) is 2.81. The fraction of sp³-hybridized carbons (Fsp3) is 0.0556. The highest BCUT2D eigenvalue weighted by molar-refractivity contribution is 6.36. The summed E-state index contributed by atoms with van der Waals surface area (Å²) in [6.07, 6.45) is 0. The molecule has 0 aliphatic rings. The smallest absolute Gasteiger partial charge is 0.289 e. The molecule has 0 saturated heterocycles. The summed E-state index contributed by atoms with van der Waals surface area (Å²) in [4.78, 5) is 12.2. The Hall–Kier alpha value is -2.83. The number of para-hydroxylation sites is 1. The number of phenols is 1. The second-order valence-electron chi connectivity index (χ2n) is 5.45. The van der Waals surface area contributed by atoms with Crippen molar-refractivity contribution in [3.63, 3.8) is 0 Å². The molecule has 26 heavy (non-hydrogen) atoms. The molecule has 6 nitrogen and oxygen atoms in total. The van der Waals surface area contributed by atoms with Crippen molar-refractivity contribution in [3.05, 3.63) is 69.8 Å². The van der Waals surface area contributed by atoms with Crippen molar-refractivity contribution < 1.29 is 9.90 Å². The molecule has 2 aromatic carbocycles. The van der Waals surface area contributed by atoms with E-state index in [-0.39, 0.29) is 11.4 Å². The molecule has 1 amide bonds. The van der Waals surface area contributed by atoms with Gasteiger partial charge in [-0.2, -0.15) is 10.2 Å². The van der Waals surface area contributed by atoms with Crippen molar-refractivity contribution in [3.8, 4) is 17.0 Å². The summed E-state index contributed by atoms with van der Waals surface area (Å²) >= 11 is 12.0. The van der Waals surface area contributed by atoms with Crippen LogP contribution in [0.15, 0.2) is 53.6 Å². The topological polar surface area (TPSA) is 90.4 Å². The van der Waals surface area contributed by atoms with Gasteiger partial charge in [-0.1, -0.05) is 35.3 Å². The molecule has 3 rings (SSSR count). The van der Waals surface area contributed by atoms with Gasteiger partial charge in [0.25, 0.3) is 5.91 Å². The van der Waals surface area contributed by atoms with Gasteiger partial charge in [0.1, 0.15) is 11.4 Å². The van der Waals surface area contributed by atoms with Crippen molar-refractivity contribution >= 4 is 34.8 Å². The zero-order chi connectivity index (χ0) is 18.7. The summed E-state index contributed by atoms with van der Waals surface area (Å²) < 4.78 is 0. The van der Waals surface area contributed by atoms with Crippen molar-refractivity contribution in [2.45, 2.75) is 6.92 Å². The molecule has 0 spiro atoms. The van der Waals surface area contributed by atoms with E-state index in [0.29, 0.717) is 32.6 Å². The quantitative estimate of drug-likeness (QED) is 0.460. The number of aromatic hydroxyl groups is 1. The molecule has 3 N–H and O–H groups in total. The number of hydrogen-bond acceptors (Lipinski definition) is 4. The van der Waals surface area contributed by atoms with Gasteiger partial charge in [0, 0.05) is 16.1 Å². The number of aromatic amines is 1. The van der Waals surface area contributed by atoms with Crippen molar-refractivity contribution in [1.29, 1.82) is 0 Å². The van der Waals surface area contributed by atoms with Crippen LogP contribution < -0.4 is 5.43 Å². The number of carbonyl (C=O) groups is 1. The molecule has 3 aromatic rings. The molecule has 0 unspecified atom stereocenters. The number of amides is 1. The van der Waals surface area contributed by atoms with E-state index < -0.39 is 5.91 Å². The van der Waals surface area contributed by atoms with Crippen LogP contribution in [-0.4, -0.2) is 26.9 Å². The molecule has 0 atom stereocenters. The molecule has 8 heteroatoms. The van der Waals surface area contributed by atoms with Crippen molar-refractivity contribution in [1.82, 2.24) is 15.6 Å². The maximum atomic E-state index is 12.2. The standard InChI is InChI=1S/C18H14Cl2N4O2/c1-10(12-4-2-3-5-17(12)25)21-24-18(26)16-9-15(22-23-16)13-7-6-11(19)8-14(13)20/h2-9,25H,1H3,(H,22,23)(H,24,26)/b21-10-. The Morgan fingerprint density at radius 1 is 1.19 bits per heavy atom. The highest BCUT2D eigenvalue weighted by Gasteiger charge is 2.13. The van der Waals surface area contributed by atoms with Gasteiger partial charge in [-0.15, -0.1) is 0 Å². The first-order valence-electron chi connectivity index (χ1n) is 7.59. The van der Waals surface area contributed by atoms with Gasteiger partial charge >= 0.3 is 0 Å². The Morgan fingerprint density at radius 3 is 2.69 bits per heavy atom. The van der Waals surface area contributed by atoms with E-state index in [1.807, 2.05) is 0 Å². The molecule has 0 aliphatic carbocycles. The van der Waals surface area contributed by atoms with Crippen LogP contribution >= 0.6 is 23.2 Å². The van der Waals surface area contributed by atoms with Crippen molar-refractivity contribution in [2.24, 2.45) is 5.10 Å². The Morgan fingerprint density at radius 2 is 1.96 bits per heavy atom. The first-order valence-corrected chi connectivity index (χ1v) is 8.35. The van der Waals surface area contributed by atoms with Gasteiger partial charge in [0.2, 0.25) is 0 Å². The van der Waals surface area contributed by atoms with Crippen LogP contribution in [0.4, 0.5) is 0 Å². The lowest BCUT2D eigenvalue weighted by molar-refractivity contribution is 0.0950. The number of aromatic nitrogens is 2. The molecule has 0 fully saturated rings. The van der Waals surface area contributed by atoms with Gasteiger partial charge in [-0.05, 0) is 43.3 Å². The van der Waals surface area contributed by atoms with Gasteiger partial charge in [0.15, 0.2) is 0 Å². The van der Waals surface area contributed by atoms with E-state index in [1.165, 1.54) is 0 Å². The van der Waals surface area contributed by atoms with Gasteiger partial charge in [0.05, 0.1) is 16.4 Å². The maximum absolute atomic E-state index is 12.2. The van der Waals surface area contributed by atoms with Gasteiger partial charge in [-0.3, -0.25) is 9.89 Å². The lowest BCUT2D eigenvalue weighted by Gasteiger charge is -2.03. The number of rotatable bonds is 4. The molecule has 0 aliphatic heterocycles. The van der Waals surface area contributed by atoms with E-state index in [9.17, 15) is 9.90 Å². The third-order valence-corrected chi connectivity index (χ3v) is 4.20. The Kier molecular flexibility index (Phi) is 5.25. The molecule has 132 valence electrons. The molecule has 0 saturated carbocycles. The summed E-state index contributed by atoms with van der Waals surface area (Å²) in [6, 6.07) is 13.3. The van der Waals surface area contributed by atoms with E-state index in [4.69, 9.17) is 23.2 Å². The average Bonchev–Trinajstić information content (AvgIpc) is 3.09. The van der Waals surface area contributed by atoms with Crippen LogP contribution in [0.5, 0.6) is 5.75 Å². The molecule has 0 radical (unpaired) electrons. The number of halogens is 2. The lowest BCUT2D eigenvalue weighted by Crippen LogP contribution is -2.19. The number of nitrogens with one attached hydrogen (secondary N) is 2. The number of carbonyl (C=O) groups excluding carboxylic acids is 1. The van der Waals surface area contributed by atoms with Gasteiger partial charge in [-0.25, -0.2) is 5.43 Å². The van der Waals surface area contributed by atoms with E-state index in [2.05, 4.69) is 20.7 Å². The predicted molar refractivity (Wildman–Crippen MR) is 102 cm³/mol. The van der Waals surface area contributed by atoms with Crippen molar-refractivity contribution in [2.75, 3.05) is 0 Å². The number of benzene rings is 2. The second-order valence-corrected chi connectivity index (χ2v) is 6.29. The first-order chi connectivity index (χ1) is 12.5. The summed E-state index contributed by atoms with van der Waals surface area (Å²) in [5, 5.41) is 21.5. The van der Waals surface area contributed by atoms with Crippen LogP contribution in [0.2, 0.25) is 10.0 Å². The summed E-state index contributed by atoms with van der Waals surface area (Å²) in [7, 11) is 0. The summed E-state index contributed by atoms with van der Waals surface area (Å²) in [5.41, 5.74) is 4.82. The number of nitrogens with zero attached hydrogens (tertiary/aromatic N) is 2. The maximum Gasteiger partial charge on any atom is 0.289 e. The first kappa shape index (κ1) is 18.0. The lowest BCUT2D eigenvalue weighted by atomic mass is 10.1. The van der Waals surface area contributed by atoms with Crippen LogP contribution in [-0.2, 0) is 0 Å². The van der Waals surface area contributed by atoms with E-state index in [0.717, 1.165) is 0 Å². The number of hydrazone groups is 1. The Balaban J connectivity index is 1.76. The average molecular weight is 389 g/mol. The largest absolute Gasteiger partial charge is 0.507 e. The highest BCUT2D eigenvalue weighted by atomic mass is 35.5. The minimum absolute atomic E-state index is 0.0872. The van der Waals surface area contributed by atoms with Gasteiger partial charge < -0.3 is 5.11 Å². The minimum Gasteiger partial charge on any atom is -0.507 e. The highest BCUT2D eigenvalue weighted by Crippen LogP contribution is 2.29. The van der Waals surface area contributed by atoms with E-state index in [1.54, 1.807) is 55.5 Å².